The van der Waals surface area contributed by atoms with Gasteiger partial charge in [-0.15, -0.1) is 0 Å². The van der Waals surface area contributed by atoms with E-state index in [9.17, 15) is 22.8 Å². The van der Waals surface area contributed by atoms with E-state index in [0.717, 1.165) is 0 Å². The van der Waals surface area contributed by atoms with Gasteiger partial charge >= 0.3 is 17.0 Å². The molecule has 4 nitrogen and oxygen atoms in total. The van der Waals surface area contributed by atoms with E-state index in [4.69, 9.17) is 5.11 Å². The van der Waals surface area contributed by atoms with E-state index in [2.05, 4.69) is 0 Å². The minimum Gasteiger partial charge on any atom is -0.477 e. The number of carbonyl (C=O) groups is 1. The lowest BCUT2D eigenvalue weighted by Crippen LogP contribution is -2.12. The van der Waals surface area contributed by atoms with Crippen LogP contribution in [0.4, 0.5) is 13.2 Å². The molecule has 2 N–H and O–H groups in total. The second-order valence-corrected chi connectivity index (χ2v) is 3.00. The Bertz CT molecular complexity index is 390. The van der Waals surface area contributed by atoms with Crippen LogP contribution in [0.25, 0.3) is 0 Å². The molecule has 0 atom stereocenters. The van der Waals surface area contributed by atoms with Gasteiger partial charge in [-0.3, -0.25) is 4.79 Å². The quantitative estimate of drug-likeness (QED) is 0.735. The molecule has 1 heterocycles. The van der Waals surface area contributed by atoms with E-state index in [1.165, 1.54) is 4.98 Å². The van der Waals surface area contributed by atoms with Crippen LogP contribution in [0.2, 0.25) is 0 Å². The van der Waals surface area contributed by atoms with Gasteiger partial charge in [0.1, 0.15) is 10.6 Å². The molecule has 72 valence electrons. The molecule has 0 aromatic carbocycles. The number of hydrogen-bond acceptors (Lipinski definition) is 3. The number of carboxylic acids is 1. The van der Waals surface area contributed by atoms with E-state index in [-0.39, 0.29) is 11.3 Å². The first-order valence-electron chi connectivity index (χ1n) is 2.86. The Morgan fingerprint density at radius 1 is 1.46 bits per heavy atom. The Morgan fingerprint density at radius 3 is 2.31 bits per heavy atom. The number of hydrogen-bond donors (Lipinski definition) is 2. The fourth-order valence-corrected chi connectivity index (χ4v) is 1.37. The third-order valence-electron chi connectivity index (χ3n) is 1.13. The summed E-state index contributed by atoms with van der Waals surface area (Å²) in [4.78, 5) is 20.1. The van der Waals surface area contributed by atoms with Crippen molar-refractivity contribution in [3.63, 3.8) is 0 Å². The molecular formula is C5H2F3NO3S. The van der Waals surface area contributed by atoms with E-state index < -0.39 is 27.6 Å². The fraction of sp³-hybridized carbons (Fsp3) is 0.200. The van der Waals surface area contributed by atoms with Crippen molar-refractivity contribution < 1.29 is 23.1 Å². The van der Waals surface area contributed by atoms with Crippen molar-refractivity contribution >= 4 is 17.3 Å². The van der Waals surface area contributed by atoms with Gasteiger partial charge < -0.3 is 10.1 Å². The monoisotopic (exact) mass is 213 g/mol. The molecule has 13 heavy (non-hydrogen) atoms. The van der Waals surface area contributed by atoms with Crippen LogP contribution < -0.4 is 4.87 Å². The maximum absolute atomic E-state index is 12.0. The van der Waals surface area contributed by atoms with Gasteiger partial charge in [-0.1, -0.05) is 11.3 Å². The second kappa shape index (κ2) is 2.87. The molecule has 0 saturated carbocycles. The van der Waals surface area contributed by atoms with Gasteiger partial charge in [-0.25, -0.2) is 4.79 Å². The van der Waals surface area contributed by atoms with Crippen molar-refractivity contribution in [1.29, 1.82) is 0 Å². The molecule has 0 bridgehead atoms. The average molecular weight is 213 g/mol. The van der Waals surface area contributed by atoms with Gasteiger partial charge in [0.25, 0.3) is 0 Å². The van der Waals surface area contributed by atoms with E-state index in [0.29, 0.717) is 0 Å². The van der Waals surface area contributed by atoms with Gasteiger partial charge in [-0.05, 0) is 0 Å². The van der Waals surface area contributed by atoms with E-state index in [1.54, 1.807) is 0 Å². The number of thiazole rings is 1. The fourth-order valence-electron chi connectivity index (χ4n) is 0.678. The van der Waals surface area contributed by atoms with Gasteiger partial charge in [0.05, 0.1) is 0 Å². The van der Waals surface area contributed by atoms with Crippen molar-refractivity contribution in [1.82, 2.24) is 4.98 Å². The van der Waals surface area contributed by atoms with Gasteiger partial charge in [0.15, 0.2) is 0 Å². The summed E-state index contributed by atoms with van der Waals surface area (Å²) in [7, 11) is 0. The number of aromatic nitrogens is 1. The van der Waals surface area contributed by atoms with Crippen LogP contribution >= 0.6 is 11.3 Å². The van der Waals surface area contributed by atoms with Gasteiger partial charge in [0.2, 0.25) is 0 Å². The normalized spacial score (nSPS) is 11.6. The lowest BCUT2D eigenvalue weighted by atomic mass is 10.3. The van der Waals surface area contributed by atoms with Crippen LogP contribution in [0, 0.1) is 0 Å². The predicted molar refractivity (Wildman–Crippen MR) is 36.9 cm³/mol. The summed E-state index contributed by atoms with van der Waals surface area (Å²) in [5, 5.41) is 8.29. The molecule has 1 aromatic rings. The van der Waals surface area contributed by atoms with Crippen LogP contribution in [0.15, 0.2) is 4.79 Å². The highest BCUT2D eigenvalue weighted by molar-refractivity contribution is 7.11. The van der Waals surface area contributed by atoms with Crippen LogP contribution in [-0.2, 0) is 6.18 Å². The van der Waals surface area contributed by atoms with E-state index >= 15 is 0 Å². The number of halogens is 3. The van der Waals surface area contributed by atoms with Crippen LogP contribution in [0.1, 0.15) is 15.4 Å². The summed E-state index contributed by atoms with van der Waals surface area (Å²) in [6, 6.07) is 0. The molecular weight excluding hydrogens is 211 g/mol. The molecule has 0 radical (unpaired) electrons. The summed E-state index contributed by atoms with van der Waals surface area (Å²) in [6.07, 6.45) is -4.84. The number of carboxylic acid groups (broad SMARTS) is 1. The summed E-state index contributed by atoms with van der Waals surface area (Å²) < 4.78 is 36.0. The first-order valence-corrected chi connectivity index (χ1v) is 3.67. The summed E-state index contributed by atoms with van der Waals surface area (Å²) in [5.74, 6) is -1.77. The van der Waals surface area contributed by atoms with E-state index in [1.807, 2.05) is 0 Å². The van der Waals surface area contributed by atoms with Crippen LogP contribution in [-0.4, -0.2) is 16.1 Å². The first kappa shape index (κ1) is 9.78. The Kier molecular flexibility index (Phi) is 2.16. The molecule has 0 aliphatic carbocycles. The maximum atomic E-state index is 12.0. The van der Waals surface area contributed by atoms with Crippen LogP contribution in [0.3, 0.4) is 0 Å². The third kappa shape index (κ3) is 1.89. The second-order valence-electron chi connectivity index (χ2n) is 2.02. The summed E-state index contributed by atoms with van der Waals surface area (Å²) >= 11 is 0.0187. The SMILES string of the molecule is O=C(O)c1sc(=O)[nH]c1C(F)(F)F. The van der Waals surface area contributed by atoms with Crippen molar-refractivity contribution in [3.05, 3.63) is 20.2 Å². The number of alkyl halides is 3. The van der Waals surface area contributed by atoms with Gasteiger partial charge in [0, 0.05) is 0 Å². The summed E-state index contributed by atoms with van der Waals surface area (Å²) in [6.45, 7) is 0. The molecule has 1 aromatic heterocycles. The zero-order valence-electron chi connectivity index (χ0n) is 5.81. The standard InChI is InChI=1S/C5H2F3NO3S/c6-5(7,8)2-1(3(10)11)13-4(12)9-2/h(H,9,12)(H,10,11). The lowest BCUT2D eigenvalue weighted by Gasteiger charge is -2.02. The predicted octanol–water partition coefficient (Wildman–Crippen LogP) is 1.15. The molecule has 0 spiro atoms. The Balaban J connectivity index is 3.36. The zero-order valence-corrected chi connectivity index (χ0v) is 6.62. The van der Waals surface area contributed by atoms with Crippen molar-refractivity contribution in [3.8, 4) is 0 Å². The third-order valence-corrected chi connectivity index (χ3v) is 2.00. The van der Waals surface area contributed by atoms with Crippen molar-refractivity contribution in [2.75, 3.05) is 0 Å². The molecule has 1 rings (SSSR count). The highest BCUT2D eigenvalue weighted by Crippen LogP contribution is 2.30. The van der Waals surface area contributed by atoms with Crippen molar-refractivity contribution in [2.24, 2.45) is 0 Å². The number of aromatic amines is 1. The maximum Gasteiger partial charge on any atom is 0.433 e. The zero-order chi connectivity index (χ0) is 10.2. The molecule has 0 unspecified atom stereocenters. The Hall–Kier alpha value is -1.31. The highest BCUT2D eigenvalue weighted by Gasteiger charge is 2.38. The number of rotatable bonds is 1. The molecule has 0 aliphatic heterocycles. The lowest BCUT2D eigenvalue weighted by molar-refractivity contribution is -0.141. The minimum absolute atomic E-state index is 0.0187. The largest absolute Gasteiger partial charge is 0.477 e. The molecule has 0 fully saturated rings. The smallest absolute Gasteiger partial charge is 0.433 e. The van der Waals surface area contributed by atoms with Crippen molar-refractivity contribution in [2.45, 2.75) is 6.18 Å². The number of aromatic carboxylic acids is 1. The molecule has 0 saturated heterocycles. The molecule has 0 aliphatic rings. The number of nitrogens with one attached hydrogen (secondary N) is 1. The Labute approximate surface area is 72.6 Å². The first-order chi connectivity index (χ1) is 5.82. The van der Waals surface area contributed by atoms with Crippen LogP contribution in [0.5, 0.6) is 0 Å². The molecule has 0 amide bonds. The number of H-pyrrole nitrogens is 1. The van der Waals surface area contributed by atoms with Gasteiger partial charge in [-0.2, -0.15) is 13.2 Å². The molecule has 8 heteroatoms. The average Bonchev–Trinajstić information content (AvgIpc) is 2.29. The minimum atomic E-state index is -4.84. The summed E-state index contributed by atoms with van der Waals surface area (Å²) in [5.41, 5.74) is -1.50. The highest BCUT2D eigenvalue weighted by atomic mass is 32.1. The topological polar surface area (TPSA) is 70.2 Å². The Morgan fingerprint density at radius 2 is 2.00 bits per heavy atom.